The van der Waals surface area contributed by atoms with Crippen molar-refractivity contribution in [3.05, 3.63) is 23.8 Å². The molecule has 0 amide bonds. The summed E-state index contributed by atoms with van der Waals surface area (Å²) in [7, 11) is 0. The highest BCUT2D eigenvalue weighted by Gasteiger charge is 2.22. The fraction of sp³-hybridized carbons (Fsp3) is 0.462. The summed E-state index contributed by atoms with van der Waals surface area (Å²) in [4.78, 5) is 1.05. The topological polar surface area (TPSA) is 69.6 Å². The second-order valence-electron chi connectivity index (χ2n) is 4.94. The lowest BCUT2D eigenvalue weighted by atomic mass is 10.2. The molecule has 100 valence electrons. The average molecular weight is 275 g/mol. The van der Waals surface area contributed by atoms with Crippen LogP contribution in [0.3, 0.4) is 0 Å². The third-order valence-corrected chi connectivity index (χ3v) is 4.78. The van der Waals surface area contributed by atoms with Crippen LogP contribution in [0.1, 0.15) is 37.3 Å². The molecule has 0 atom stereocenters. The molecule has 1 fully saturated rings. The number of benzene rings is 1. The average Bonchev–Trinajstić information content (AvgIpc) is 3.04. The third kappa shape index (κ3) is 2.45. The summed E-state index contributed by atoms with van der Waals surface area (Å²) in [6.07, 6.45) is 4.87. The second kappa shape index (κ2) is 5.21. The molecule has 1 aliphatic carbocycles. The van der Waals surface area contributed by atoms with Gasteiger partial charge in [0.1, 0.15) is 0 Å². The van der Waals surface area contributed by atoms with Gasteiger partial charge >= 0.3 is 0 Å². The highest BCUT2D eigenvalue weighted by Crippen LogP contribution is 2.36. The Bertz CT molecular complexity index is 554. The van der Waals surface area contributed by atoms with Crippen molar-refractivity contribution < 1.29 is 0 Å². The summed E-state index contributed by atoms with van der Waals surface area (Å²) in [6.45, 7) is 2.06. The molecule has 2 aromatic rings. The summed E-state index contributed by atoms with van der Waals surface area (Å²) in [6, 6.07) is 6.39. The maximum absolute atomic E-state index is 6.04. The van der Waals surface area contributed by atoms with E-state index in [4.69, 9.17) is 5.73 Å². The number of nitrogen functional groups attached to an aromatic ring is 1. The minimum atomic E-state index is 0.447. The Labute approximate surface area is 116 Å². The molecule has 0 radical (unpaired) electrons. The molecule has 0 saturated heterocycles. The molecule has 1 aromatic carbocycles. The summed E-state index contributed by atoms with van der Waals surface area (Å²) < 4.78 is 1.96. The van der Waals surface area contributed by atoms with Crippen LogP contribution in [0.25, 0.3) is 0 Å². The molecule has 5 nitrogen and oxygen atoms in total. The van der Waals surface area contributed by atoms with Gasteiger partial charge in [-0.1, -0.05) is 25.0 Å². The molecule has 0 bridgehead atoms. The molecule has 0 unspecified atom stereocenters. The Hall–Kier alpha value is -1.56. The van der Waals surface area contributed by atoms with Crippen LogP contribution in [-0.2, 0) is 0 Å². The van der Waals surface area contributed by atoms with E-state index in [1.165, 1.54) is 25.7 Å². The van der Waals surface area contributed by atoms with Gasteiger partial charge in [-0.3, -0.25) is 0 Å². The van der Waals surface area contributed by atoms with Gasteiger partial charge in [0.25, 0.3) is 0 Å². The van der Waals surface area contributed by atoms with Crippen molar-refractivity contribution in [3.63, 3.8) is 0 Å². The predicted molar refractivity (Wildman–Crippen MR) is 75.0 cm³/mol. The maximum atomic E-state index is 6.04. The van der Waals surface area contributed by atoms with Gasteiger partial charge in [-0.05, 0) is 53.6 Å². The zero-order valence-electron chi connectivity index (χ0n) is 10.9. The van der Waals surface area contributed by atoms with E-state index in [1.54, 1.807) is 11.8 Å². The first-order valence-corrected chi connectivity index (χ1v) is 7.38. The standard InChI is InChI=1S/C13H17N5S/c1-9-5-4-8-11(14)12(9)19-13-15-16-17-18(13)10-6-2-3-7-10/h4-5,8,10H,2-3,6-7,14H2,1H3. The van der Waals surface area contributed by atoms with Gasteiger partial charge in [0.05, 0.1) is 6.04 Å². The molecule has 0 aliphatic heterocycles. The lowest BCUT2D eigenvalue weighted by Crippen LogP contribution is -2.08. The van der Waals surface area contributed by atoms with E-state index in [2.05, 4.69) is 28.5 Å². The number of aromatic nitrogens is 4. The van der Waals surface area contributed by atoms with Crippen molar-refractivity contribution in [2.24, 2.45) is 0 Å². The maximum Gasteiger partial charge on any atom is 0.214 e. The zero-order chi connectivity index (χ0) is 13.2. The number of tetrazole rings is 1. The van der Waals surface area contributed by atoms with Gasteiger partial charge in [0.2, 0.25) is 5.16 Å². The first-order chi connectivity index (χ1) is 9.25. The van der Waals surface area contributed by atoms with Gasteiger partial charge in [0.15, 0.2) is 0 Å². The first-order valence-electron chi connectivity index (χ1n) is 6.56. The molecular weight excluding hydrogens is 258 g/mol. The summed E-state index contributed by atoms with van der Waals surface area (Å²) >= 11 is 1.56. The van der Waals surface area contributed by atoms with Crippen molar-refractivity contribution >= 4 is 17.4 Å². The van der Waals surface area contributed by atoms with E-state index in [0.717, 1.165) is 21.3 Å². The van der Waals surface area contributed by atoms with Crippen LogP contribution >= 0.6 is 11.8 Å². The van der Waals surface area contributed by atoms with Crippen molar-refractivity contribution in [2.45, 2.75) is 48.7 Å². The zero-order valence-corrected chi connectivity index (χ0v) is 11.7. The highest BCUT2D eigenvalue weighted by atomic mass is 32.2. The van der Waals surface area contributed by atoms with Crippen molar-refractivity contribution in [1.29, 1.82) is 0 Å². The highest BCUT2D eigenvalue weighted by molar-refractivity contribution is 7.99. The summed E-state index contributed by atoms with van der Waals surface area (Å²) in [5.74, 6) is 0. The van der Waals surface area contributed by atoms with Crippen LogP contribution < -0.4 is 5.73 Å². The van der Waals surface area contributed by atoms with Gasteiger partial charge in [0, 0.05) is 10.6 Å². The fourth-order valence-corrected chi connectivity index (χ4v) is 3.49. The largest absolute Gasteiger partial charge is 0.398 e. The predicted octanol–water partition coefficient (Wildman–Crippen LogP) is 2.83. The van der Waals surface area contributed by atoms with Crippen LogP contribution in [0.4, 0.5) is 5.69 Å². The lowest BCUT2D eigenvalue weighted by Gasteiger charge is -2.12. The normalized spacial score (nSPS) is 16.1. The molecule has 1 aromatic heterocycles. The van der Waals surface area contributed by atoms with Crippen LogP contribution in [-0.4, -0.2) is 20.2 Å². The molecule has 1 aliphatic rings. The van der Waals surface area contributed by atoms with E-state index in [0.29, 0.717) is 6.04 Å². The Morgan fingerprint density at radius 2 is 2.11 bits per heavy atom. The molecule has 2 N–H and O–H groups in total. The molecule has 0 spiro atoms. The fourth-order valence-electron chi connectivity index (χ4n) is 2.54. The quantitative estimate of drug-likeness (QED) is 0.872. The van der Waals surface area contributed by atoms with E-state index in [9.17, 15) is 0 Å². The number of rotatable bonds is 3. The number of hydrogen-bond donors (Lipinski definition) is 1. The number of anilines is 1. The molecule has 6 heteroatoms. The van der Waals surface area contributed by atoms with Crippen LogP contribution in [0, 0.1) is 6.92 Å². The van der Waals surface area contributed by atoms with Gasteiger partial charge in [-0.15, -0.1) is 5.10 Å². The van der Waals surface area contributed by atoms with Gasteiger partial charge < -0.3 is 5.73 Å². The number of nitrogens with zero attached hydrogens (tertiary/aromatic N) is 4. The van der Waals surface area contributed by atoms with Crippen LogP contribution in [0.15, 0.2) is 28.3 Å². The SMILES string of the molecule is Cc1cccc(N)c1Sc1nnnn1C1CCCC1. The number of nitrogens with two attached hydrogens (primary N) is 1. The summed E-state index contributed by atoms with van der Waals surface area (Å²) in [5.41, 5.74) is 7.98. The molecular formula is C13H17N5S. The first kappa shape index (κ1) is 12.5. The van der Waals surface area contributed by atoms with Crippen LogP contribution in [0.2, 0.25) is 0 Å². The molecule has 1 saturated carbocycles. The van der Waals surface area contributed by atoms with E-state index >= 15 is 0 Å². The smallest absolute Gasteiger partial charge is 0.214 e. The van der Waals surface area contributed by atoms with E-state index in [1.807, 2.05) is 16.8 Å². The minimum Gasteiger partial charge on any atom is -0.398 e. The Balaban J connectivity index is 1.89. The van der Waals surface area contributed by atoms with Crippen molar-refractivity contribution in [2.75, 3.05) is 5.73 Å². The van der Waals surface area contributed by atoms with Gasteiger partial charge in [-0.2, -0.15) is 0 Å². The lowest BCUT2D eigenvalue weighted by molar-refractivity contribution is 0.423. The van der Waals surface area contributed by atoms with Crippen molar-refractivity contribution in [3.8, 4) is 0 Å². The minimum absolute atomic E-state index is 0.447. The van der Waals surface area contributed by atoms with Gasteiger partial charge in [-0.25, -0.2) is 4.68 Å². The molecule has 1 heterocycles. The van der Waals surface area contributed by atoms with E-state index in [-0.39, 0.29) is 0 Å². The number of hydrogen-bond acceptors (Lipinski definition) is 5. The monoisotopic (exact) mass is 275 g/mol. The van der Waals surface area contributed by atoms with E-state index < -0.39 is 0 Å². The number of aryl methyl sites for hydroxylation is 1. The van der Waals surface area contributed by atoms with Crippen LogP contribution in [0.5, 0.6) is 0 Å². The third-order valence-electron chi connectivity index (χ3n) is 3.57. The summed E-state index contributed by atoms with van der Waals surface area (Å²) in [5, 5.41) is 13.0. The molecule has 19 heavy (non-hydrogen) atoms. The Kier molecular flexibility index (Phi) is 3.42. The Morgan fingerprint density at radius 3 is 2.84 bits per heavy atom. The molecule has 3 rings (SSSR count). The second-order valence-corrected chi connectivity index (χ2v) is 5.92. The van der Waals surface area contributed by atoms with Crippen molar-refractivity contribution in [1.82, 2.24) is 20.2 Å². The Morgan fingerprint density at radius 1 is 1.32 bits per heavy atom.